The van der Waals surface area contributed by atoms with Crippen molar-refractivity contribution in [3.63, 3.8) is 0 Å². The largest absolute Gasteiger partial charge is 0.343 e. The lowest BCUT2D eigenvalue weighted by Crippen LogP contribution is -2.56. The average molecular weight is 403 g/mol. The second-order valence-electron chi connectivity index (χ2n) is 7.68. The van der Waals surface area contributed by atoms with Crippen molar-refractivity contribution >= 4 is 12.7 Å². The molecule has 0 spiro atoms. The number of rotatable bonds is 16. The highest BCUT2D eigenvalue weighted by Crippen LogP contribution is 2.19. The summed E-state index contributed by atoms with van der Waals surface area (Å²) in [6.45, 7) is 10.5. The van der Waals surface area contributed by atoms with Crippen molar-refractivity contribution < 1.29 is 9.59 Å². The van der Waals surface area contributed by atoms with Crippen LogP contribution in [-0.2, 0) is 9.59 Å². The van der Waals surface area contributed by atoms with Crippen LogP contribution >= 0.6 is 0 Å². The summed E-state index contributed by atoms with van der Waals surface area (Å²) in [4.78, 5) is 27.4. The molecule has 0 aliphatic rings. The first kappa shape index (κ1) is 24.9. The fourth-order valence-corrected chi connectivity index (χ4v) is 3.69. The molecule has 6 nitrogen and oxygen atoms in total. The van der Waals surface area contributed by atoms with Crippen LogP contribution in [0.1, 0.15) is 44.6 Å². The summed E-state index contributed by atoms with van der Waals surface area (Å²) in [5.41, 5.74) is 2.08. The van der Waals surface area contributed by atoms with Gasteiger partial charge in [-0.15, -0.1) is 0 Å². The summed E-state index contributed by atoms with van der Waals surface area (Å²) < 4.78 is 0. The summed E-state index contributed by atoms with van der Waals surface area (Å²) in [6, 6.07) is 10.1. The van der Waals surface area contributed by atoms with E-state index in [-0.39, 0.29) is 12.2 Å². The Morgan fingerprint density at radius 2 is 1.90 bits per heavy atom. The predicted octanol–water partition coefficient (Wildman–Crippen LogP) is 2.59. The Hall–Kier alpha value is -2.18. The summed E-state index contributed by atoms with van der Waals surface area (Å²) >= 11 is 0. The van der Waals surface area contributed by atoms with E-state index < -0.39 is 0 Å². The lowest BCUT2D eigenvalue weighted by Gasteiger charge is -2.40. The first-order chi connectivity index (χ1) is 14.0. The Morgan fingerprint density at radius 1 is 1.21 bits per heavy atom. The minimum absolute atomic E-state index is 0.312. The van der Waals surface area contributed by atoms with Crippen LogP contribution in [0.2, 0.25) is 0 Å². The second kappa shape index (κ2) is 13.9. The SMILES string of the molecule is C=C(CNC)N(C(CN(C)CC(C)c1ccccc1)NC=O)[C@H](C=O)CCCC. The molecule has 162 valence electrons. The second-order valence-corrected chi connectivity index (χ2v) is 7.68. The molecular weight excluding hydrogens is 364 g/mol. The smallest absolute Gasteiger partial charge is 0.208 e. The van der Waals surface area contributed by atoms with Gasteiger partial charge < -0.3 is 25.2 Å². The molecule has 1 amide bonds. The van der Waals surface area contributed by atoms with Crippen LogP contribution in [-0.4, -0.2) is 68.4 Å². The van der Waals surface area contributed by atoms with E-state index in [1.165, 1.54) is 5.56 Å². The van der Waals surface area contributed by atoms with Crippen LogP contribution < -0.4 is 10.6 Å². The van der Waals surface area contributed by atoms with Gasteiger partial charge in [-0.2, -0.15) is 0 Å². The van der Waals surface area contributed by atoms with Crippen molar-refractivity contribution in [2.45, 2.75) is 51.2 Å². The van der Waals surface area contributed by atoms with Gasteiger partial charge in [0.2, 0.25) is 6.41 Å². The molecule has 0 fully saturated rings. The number of hydrogen-bond donors (Lipinski definition) is 2. The minimum Gasteiger partial charge on any atom is -0.343 e. The number of amides is 1. The van der Waals surface area contributed by atoms with Gasteiger partial charge in [0.15, 0.2) is 0 Å². The van der Waals surface area contributed by atoms with E-state index in [4.69, 9.17) is 0 Å². The third-order valence-corrected chi connectivity index (χ3v) is 5.15. The first-order valence-corrected chi connectivity index (χ1v) is 10.5. The minimum atomic E-state index is -0.326. The molecule has 0 aromatic heterocycles. The van der Waals surface area contributed by atoms with Crippen LogP contribution in [0, 0.1) is 0 Å². The van der Waals surface area contributed by atoms with Crippen molar-refractivity contribution in [2.75, 3.05) is 33.7 Å². The molecule has 0 aliphatic heterocycles. The molecule has 29 heavy (non-hydrogen) atoms. The Balaban J connectivity index is 2.95. The zero-order chi connectivity index (χ0) is 21.6. The van der Waals surface area contributed by atoms with Crippen molar-refractivity contribution in [1.82, 2.24) is 20.4 Å². The number of carbonyl (C=O) groups excluding carboxylic acids is 2. The van der Waals surface area contributed by atoms with Crippen molar-refractivity contribution in [3.8, 4) is 0 Å². The molecule has 3 atom stereocenters. The number of carbonyl (C=O) groups is 2. The molecule has 0 aliphatic carbocycles. The Labute approximate surface area is 176 Å². The normalized spacial score (nSPS) is 14.1. The van der Waals surface area contributed by atoms with Crippen LogP contribution in [0.4, 0.5) is 0 Å². The van der Waals surface area contributed by atoms with Crippen molar-refractivity contribution in [2.24, 2.45) is 0 Å². The highest BCUT2D eigenvalue weighted by atomic mass is 16.1. The monoisotopic (exact) mass is 402 g/mol. The molecule has 0 heterocycles. The zero-order valence-corrected chi connectivity index (χ0v) is 18.4. The van der Waals surface area contributed by atoms with E-state index in [0.717, 1.165) is 37.8 Å². The van der Waals surface area contributed by atoms with Crippen molar-refractivity contribution in [1.29, 1.82) is 0 Å². The number of aldehydes is 1. The van der Waals surface area contributed by atoms with Gasteiger partial charge >= 0.3 is 0 Å². The molecule has 2 N–H and O–H groups in total. The molecule has 2 unspecified atom stereocenters. The van der Waals surface area contributed by atoms with Gasteiger partial charge in [0.25, 0.3) is 0 Å². The molecule has 0 saturated heterocycles. The number of nitrogens with one attached hydrogen (secondary N) is 2. The summed E-state index contributed by atoms with van der Waals surface area (Å²) in [5, 5.41) is 6.01. The first-order valence-electron chi connectivity index (χ1n) is 10.5. The van der Waals surface area contributed by atoms with E-state index in [2.05, 4.69) is 60.2 Å². The highest BCUT2D eigenvalue weighted by molar-refractivity contribution is 5.58. The predicted molar refractivity (Wildman–Crippen MR) is 120 cm³/mol. The van der Waals surface area contributed by atoms with Gasteiger partial charge in [0.05, 0.1) is 6.04 Å². The van der Waals surface area contributed by atoms with Gasteiger partial charge in [-0.1, -0.05) is 63.6 Å². The number of likely N-dealkylation sites (N-methyl/N-ethyl adjacent to an activating group) is 2. The van der Waals surface area contributed by atoms with E-state index in [1.807, 2.05) is 25.1 Å². The quantitative estimate of drug-likeness (QED) is 0.329. The van der Waals surface area contributed by atoms with Gasteiger partial charge in [0, 0.05) is 25.3 Å². The Bertz CT molecular complexity index is 608. The fourth-order valence-electron chi connectivity index (χ4n) is 3.69. The number of unbranched alkanes of at least 4 members (excludes halogenated alkanes) is 1. The van der Waals surface area contributed by atoms with Crippen LogP contribution in [0.3, 0.4) is 0 Å². The zero-order valence-electron chi connectivity index (χ0n) is 18.4. The van der Waals surface area contributed by atoms with Gasteiger partial charge in [-0.3, -0.25) is 4.79 Å². The van der Waals surface area contributed by atoms with Gasteiger partial charge in [-0.25, -0.2) is 0 Å². The van der Waals surface area contributed by atoms with Crippen LogP contribution in [0.15, 0.2) is 42.6 Å². The fraction of sp³-hybridized carbons (Fsp3) is 0.565. The third kappa shape index (κ3) is 8.38. The maximum atomic E-state index is 11.9. The lowest BCUT2D eigenvalue weighted by molar-refractivity contribution is -0.116. The van der Waals surface area contributed by atoms with Gasteiger partial charge in [0.1, 0.15) is 12.5 Å². The summed E-state index contributed by atoms with van der Waals surface area (Å²) in [6.07, 6.45) is 4.05. The van der Waals surface area contributed by atoms with Crippen LogP contribution in [0.5, 0.6) is 0 Å². The molecule has 1 aromatic rings. The maximum Gasteiger partial charge on any atom is 0.208 e. The van der Waals surface area contributed by atoms with Crippen LogP contribution in [0.25, 0.3) is 0 Å². The standard InChI is InChI=1S/C23H38N4O2/c1-6-7-13-22(17-28)27(20(3)14-24-4)23(25-18-29)16-26(5)15-19(2)21-11-9-8-10-12-21/h8-12,17-19,22-24H,3,6-7,13-16H2,1-2,4-5H3,(H,25,29)/t19?,22-,23?/m0/s1. The Morgan fingerprint density at radius 3 is 2.45 bits per heavy atom. The molecule has 1 aromatic carbocycles. The van der Waals surface area contributed by atoms with E-state index in [0.29, 0.717) is 25.4 Å². The molecule has 0 saturated carbocycles. The number of hydrogen-bond acceptors (Lipinski definition) is 5. The lowest BCUT2D eigenvalue weighted by atomic mass is 10.0. The summed E-state index contributed by atoms with van der Waals surface area (Å²) in [5.74, 6) is 0.356. The molecule has 1 rings (SSSR count). The molecular formula is C23H38N4O2. The maximum absolute atomic E-state index is 11.9. The van der Waals surface area contributed by atoms with Crippen molar-refractivity contribution in [3.05, 3.63) is 48.2 Å². The topological polar surface area (TPSA) is 64.7 Å². The van der Waals surface area contributed by atoms with E-state index >= 15 is 0 Å². The highest BCUT2D eigenvalue weighted by Gasteiger charge is 2.28. The molecule has 6 heteroatoms. The third-order valence-electron chi connectivity index (χ3n) is 5.15. The molecule has 0 bridgehead atoms. The van der Waals surface area contributed by atoms with E-state index in [1.54, 1.807) is 0 Å². The summed E-state index contributed by atoms with van der Waals surface area (Å²) in [7, 11) is 3.89. The number of benzene rings is 1. The van der Waals surface area contributed by atoms with Gasteiger partial charge in [-0.05, 0) is 32.0 Å². The average Bonchev–Trinajstić information content (AvgIpc) is 2.71. The van der Waals surface area contributed by atoms with E-state index in [9.17, 15) is 9.59 Å². The number of nitrogens with zero attached hydrogens (tertiary/aromatic N) is 2. The molecule has 0 radical (unpaired) electrons. The Kier molecular flexibility index (Phi) is 11.9.